The van der Waals surface area contributed by atoms with Crippen molar-refractivity contribution >= 4 is 29.5 Å². The summed E-state index contributed by atoms with van der Waals surface area (Å²) in [7, 11) is 0. The molecular weight excluding hydrogens is 434 g/mol. The number of pyridine rings is 1. The smallest absolute Gasteiger partial charge is 0.407 e. The van der Waals surface area contributed by atoms with Gasteiger partial charge in [0.1, 0.15) is 36.4 Å². The fourth-order valence-electron chi connectivity index (χ4n) is 3.56. The number of aromatic nitrogens is 3. The molecular formula is C24H27N7O3. The number of ether oxygens (including phenoxy) is 1. The third-order valence-electron chi connectivity index (χ3n) is 5.30. The number of hydrogen-bond donors (Lipinski definition) is 2. The van der Waals surface area contributed by atoms with Gasteiger partial charge in [0.05, 0.1) is 0 Å². The summed E-state index contributed by atoms with van der Waals surface area (Å²) in [4.78, 5) is 41.5. The first-order valence-electron chi connectivity index (χ1n) is 11.1. The zero-order valence-corrected chi connectivity index (χ0v) is 19.0. The van der Waals surface area contributed by atoms with Gasteiger partial charge in [-0.2, -0.15) is 0 Å². The highest BCUT2D eigenvalue weighted by atomic mass is 16.5. The molecule has 0 bridgehead atoms. The molecule has 1 aliphatic rings. The van der Waals surface area contributed by atoms with Crippen LogP contribution in [0.5, 0.6) is 0 Å². The molecule has 34 heavy (non-hydrogen) atoms. The van der Waals surface area contributed by atoms with Crippen LogP contribution < -0.4 is 15.5 Å². The molecule has 0 radical (unpaired) electrons. The van der Waals surface area contributed by atoms with Gasteiger partial charge in [0.25, 0.3) is 0 Å². The number of aryl methyl sites for hydroxylation is 1. The standard InChI is InChI=1S/C24H27N7O3/c1-18-27-21(29-20-9-5-6-10-25-20)15-22(28-18)30-11-13-31(14-12-30)23(32)16-26-24(33)34-17-19-7-3-2-4-8-19/h2-10,15H,11-14,16-17H2,1H3,(H,26,33)(H,25,27,28,29). The Balaban J connectivity index is 1.24. The van der Waals surface area contributed by atoms with E-state index in [4.69, 9.17) is 4.74 Å². The Morgan fingerprint density at radius 2 is 1.74 bits per heavy atom. The molecule has 1 fully saturated rings. The number of hydrogen-bond acceptors (Lipinski definition) is 8. The van der Waals surface area contributed by atoms with Gasteiger partial charge in [-0.25, -0.2) is 19.7 Å². The number of nitrogens with one attached hydrogen (secondary N) is 2. The second-order valence-corrected chi connectivity index (χ2v) is 7.78. The third kappa shape index (κ3) is 6.41. The van der Waals surface area contributed by atoms with Crippen molar-refractivity contribution in [2.45, 2.75) is 13.5 Å². The van der Waals surface area contributed by atoms with Crippen molar-refractivity contribution < 1.29 is 14.3 Å². The first-order chi connectivity index (χ1) is 16.6. The number of amides is 2. The fourth-order valence-corrected chi connectivity index (χ4v) is 3.56. The van der Waals surface area contributed by atoms with Crippen LogP contribution in [0.3, 0.4) is 0 Å². The second-order valence-electron chi connectivity index (χ2n) is 7.78. The van der Waals surface area contributed by atoms with E-state index in [-0.39, 0.29) is 19.1 Å². The molecule has 2 N–H and O–H groups in total. The van der Waals surface area contributed by atoms with Crippen LogP contribution in [-0.2, 0) is 16.1 Å². The molecule has 0 atom stereocenters. The molecule has 0 unspecified atom stereocenters. The Morgan fingerprint density at radius 3 is 2.47 bits per heavy atom. The average molecular weight is 462 g/mol. The normalized spacial score (nSPS) is 13.3. The Hall–Kier alpha value is -4.21. The number of piperazine rings is 1. The lowest BCUT2D eigenvalue weighted by atomic mass is 10.2. The SMILES string of the molecule is Cc1nc(Nc2ccccn2)cc(N2CCN(C(=O)CNC(=O)OCc3ccccc3)CC2)n1. The van der Waals surface area contributed by atoms with Crippen LogP contribution in [0, 0.1) is 6.92 Å². The monoisotopic (exact) mass is 461 g/mol. The van der Waals surface area contributed by atoms with Gasteiger partial charge in [-0.3, -0.25) is 4.79 Å². The highest BCUT2D eigenvalue weighted by molar-refractivity contribution is 5.82. The summed E-state index contributed by atoms with van der Waals surface area (Å²) >= 11 is 0. The maximum atomic E-state index is 12.5. The van der Waals surface area contributed by atoms with E-state index in [0.717, 1.165) is 11.4 Å². The predicted octanol–water partition coefficient (Wildman–Crippen LogP) is 2.50. The summed E-state index contributed by atoms with van der Waals surface area (Å²) in [5.74, 6) is 2.66. The molecule has 1 aromatic carbocycles. The van der Waals surface area contributed by atoms with Gasteiger partial charge in [0, 0.05) is 38.4 Å². The minimum Gasteiger partial charge on any atom is -0.445 e. The first kappa shape index (κ1) is 23.0. The van der Waals surface area contributed by atoms with Gasteiger partial charge in [-0.05, 0) is 24.6 Å². The molecule has 1 saturated heterocycles. The minimum absolute atomic E-state index is 0.0988. The van der Waals surface area contributed by atoms with E-state index in [1.165, 1.54) is 0 Å². The van der Waals surface area contributed by atoms with Crippen LogP contribution in [0.1, 0.15) is 11.4 Å². The van der Waals surface area contributed by atoms with Crippen molar-refractivity contribution in [1.29, 1.82) is 0 Å². The summed E-state index contributed by atoms with van der Waals surface area (Å²) in [6.07, 6.45) is 1.10. The van der Waals surface area contributed by atoms with Crippen LogP contribution in [0.25, 0.3) is 0 Å². The summed E-state index contributed by atoms with van der Waals surface area (Å²) < 4.78 is 5.15. The number of anilines is 3. The maximum absolute atomic E-state index is 12.5. The van der Waals surface area contributed by atoms with Crippen molar-refractivity contribution in [3.63, 3.8) is 0 Å². The molecule has 0 saturated carbocycles. The van der Waals surface area contributed by atoms with Gasteiger partial charge >= 0.3 is 6.09 Å². The summed E-state index contributed by atoms with van der Waals surface area (Å²) in [5, 5.41) is 5.72. The minimum atomic E-state index is -0.611. The summed E-state index contributed by atoms with van der Waals surface area (Å²) in [5.41, 5.74) is 0.887. The van der Waals surface area contributed by atoms with E-state index in [1.54, 1.807) is 11.1 Å². The molecule has 2 aromatic heterocycles. The van der Waals surface area contributed by atoms with Crippen molar-refractivity contribution in [1.82, 2.24) is 25.2 Å². The van der Waals surface area contributed by atoms with Crippen molar-refractivity contribution in [2.24, 2.45) is 0 Å². The van der Waals surface area contributed by atoms with E-state index in [2.05, 4.69) is 30.5 Å². The molecule has 2 amide bonds. The Morgan fingerprint density at radius 1 is 0.971 bits per heavy atom. The zero-order valence-electron chi connectivity index (χ0n) is 19.0. The fraction of sp³-hybridized carbons (Fsp3) is 0.292. The molecule has 10 nitrogen and oxygen atoms in total. The second kappa shape index (κ2) is 11.1. The number of nitrogens with zero attached hydrogens (tertiary/aromatic N) is 5. The number of alkyl carbamates (subject to hydrolysis) is 1. The van der Waals surface area contributed by atoms with Crippen LogP contribution in [0.2, 0.25) is 0 Å². The Bertz CT molecular complexity index is 1100. The van der Waals surface area contributed by atoms with Crippen LogP contribution in [0.15, 0.2) is 60.8 Å². The highest BCUT2D eigenvalue weighted by Crippen LogP contribution is 2.20. The molecule has 3 heterocycles. The Labute approximate surface area is 198 Å². The van der Waals surface area contributed by atoms with E-state index in [0.29, 0.717) is 43.6 Å². The number of carbonyl (C=O) groups excluding carboxylic acids is 2. The van der Waals surface area contributed by atoms with Gasteiger partial charge in [-0.15, -0.1) is 0 Å². The third-order valence-corrected chi connectivity index (χ3v) is 5.30. The van der Waals surface area contributed by atoms with Crippen molar-refractivity contribution in [3.8, 4) is 0 Å². The van der Waals surface area contributed by atoms with Gasteiger partial charge in [0.15, 0.2) is 0 Å². The maximum Gasteiger partial charge on any atom is 0.407 e. The molecule has 3 aromatic rings. The van der Waals surface area contributed by atoms with Crippen molar-refractivity contribution in [3.05, 3.63) is 72.2 Å². The topological polar surface area (TPSA) is 113 Å². The molecule has 176 valence electrons. The van der Waals surface area contributed by atoms with Crippen LogP contribution in [-0.4, -0.2) is 64.6 Å². The zero-order chi connectivity index (χ0) is 23.8. The van der Waals surface area contributed by atoms with E-state index >= 15 is 0 Å². The van der Waals surface area contributed by atoms with Crippen LogP contribution in [0.4, 0.5) is 22.2 Å². The molecule has 1 aliphatic heterocycles. The van der Waals surface area contributed by atoms with E-state index in [9.17, 15) is 9.59 Å². The van der Waals surface area contributed by atoms with E-state index in [1.807, 2.05) is 61.5 Å². The summed E-state index contributed by atoms with van der Waals surface area (Å²) in [6.45, 7) is 4.23. The van der Waals surface area contributed by atoms with E-state index < -0.39 is 6.09 Å². The number of rotatable bonds is 7. The molecule has 4 rings (SSSR count). The first-order valence-corrected chi connectivity index (χ1v) is 11.1. The average Bonchev–Trinajstić information content (AvgIpc) is 2.87. The lowest BCUT2D eigenvalue weighted by Gasteiger charge is -2.35. The van der Waals surface area contributed by atoms with Crippen LogP contribution >= 0.6 is 0 Å². The van der Waals surface area contributed by atoms with Gasteiger partial charge in [0.2, 0.25) is 5.91 Å². The highest BCUT2D eigenvalue weighted by Gasteiger charge is 2.23. The Kier molecular flexibility index (Phi) is 7.49. The lowest BCUT2D eigenvalue weighted by molar-refractivity contribution is -0.130. The van der Waals surface area contributed by atoms with Gasteiger partial charge < -0.3 is 25.2 Å². The molecule has 0 spiro atoms. The molecule has 0 aliphatic carbocycles. The number of benzene rings is 1. The lowest BCUT2D eigenvalue weighted by Crippen LogP contribution is -2.51. The summed E-state index contributed by atoms with van der Waals surface area (Å²) in [6, 6.07) is 16.9. The van der Waals surface area contributed by atoms with Crippen molar-refractivity contribution in [2.75, 3.05) is 42.9 Å². The quantitative estimate of drug-likeness (QED) is 0.552. The number of carbonyl (C=O) groups is 2. The largest absolute Gasteiger partial charge is 0.445 e. The molecule has 10 heteroatoms. The van der Waals surface area contributed by atoms with Gasteiger partial charge in [-0.1, -0.05) is 36.4 Å². The predicted molar refractivity (Wildman–Crippen MR) is 128 cm³/mol.